The van der Waals surface area contributed by atoms with Gasteiger partial charge in [-0.2, -0.15) is 0 Å². The van der Waals surface area contributed by atoms with Crippen molar-refractivity contribution in [2.24, 2.45) is 5.92 Å². The summed E-state index contributed by atoms with van der Waals surface area (Å²) in [6, 6.07) is 12.6. The second kappa shape index (κ2) is 8.30. The smallest absolute Gasteiger partial charge is 0.395 e. The molecule has 0 radical (unpaired) electrons. The average molecular weight is 472 g/mol. The van der Waals surface area contributed by atoms with Crippen LogP contribution >= 0.6 is 11.3 Å². The Morgan fingerprint density at radius 2 is 2.00 bits per heavy atom. The molecule has 0 spiro atoms. The van der Waals surface area contributed by atoms with Gasteiger partial charge in [-0.3, -0.25) is 4.79 Å². The number of hydrogen-bond donors (Lipinski definition) is 1. The maximum absolute atomic E-state index is 13.6. The van der Waals surface area contributed by atoms with E-state index in [0.717, 1.165) is 34.4 Å². The molecule has 1 saturated carbocycles. The number of nitrogens with two attached hydrogens (primary N) is 1. The lowest BCUT2D eigenvalue weighted by molar-refractivity contribution is -0.286. The molecule has 2 aromatic carbocycles. The lowest BCUT2D eigenvalue weighted by atomic mass is 10.1. The van der Waals surface area contributed by atoms with Gasteiger partial charge in [-0.25, -0.2) is 4.98 Å². The third-order valence-electron chi connectivity index (χ3n) is 5.73. The summed E-state index contributed by atoms with van der Waals surface area (Å²) in [5.74, 6) is 0.323. The molecule has 0 saturated heterocycles. The van der Waals surface area contributed by atoms with Crippen molar-refractivity contribution in [1.82, 2.24) is 9.88 Å². The number of halogens is 2. The first-order valence-corrected chi connectivity index (χ1v) is 11.6. The molecule has 0 bridgehead atoms. The zero-order valence-corrected chi connectivity index (χ0v) is 18.8. The molecule has 0 unspecified atom stereocenters. The van der Waals surface area contributed by atoms with E-state index in [1.165, 1.54) is 23.5 Å². The van der Waals surface area contributed by atoms with Crippen molar-refractivity contribution in [1.29, 1.82) is 0 Å². The molecule has 172 valence electrons. The summed E-state index contributed by atoms with van der Waals surface area (Å²) in [5.41, 5.74) is 9.13. The minimum atomic E-state index is -3.65. The van der Waals surface area contributed by atoms with Crippen molar-refractivity contribution in [3.05, 3.63) is 59.3 Å². The quantitative estimate of drug-likeness (QED) is 0.518. The van der Waals surface area contributed by atoms with E-state index in [-0.39, 0.29) is 17.4 Å². The van der Waals surface area contributed by atoms with Crippen LogP contribution in [-0.2, 0) is 6.42 Å². The van der Waals surface area contributed by atoms with Gasteiger partial charge in [0.05, 0.1) is 4.88 Å². The molecule has 2 heterocycles. The Hall–Kier alpha value is -3.20. The van der Waals surface area contributed by atoms with E-state index in [1.807, 2.05) is 31.2 Å². The maximum atomic E-state index is 13.6. The fourth-order valence-corrected chi connectivity index (χ4v) is 4.73. The van der Waals surface area contributed by atoms with Crippen LogP contribution in [0, 0.1) is 12.8 Å². The molecular weight excluding hydrogens is 448 g/mol. The molecule has 1 fully saturated rings. The largest absolute Gasteiger partial charge is 0.586 e. The molecule has 1 aliphatic carbocycles. The molecule has 1 aromatic heterocycles. The van der Waals surface area contributed by atoms with Crippen LogP contribution in [0.5, 0.6) is 11.5 Å². The first-order chi connectivity index (χ1) is 15.8. The van der Waals surface area contributed by atoms with Crippen LogP contribution < -0.4 is 15.2 Å². The molecule has 0 atom stereocenters. The van der Waals surface area contributed by atoms with E-state index in [0.29, 0.717) is 36.3 Å². The molecular formula is C24H23F2N3O3S. The van der Waals surface area contributed by atoms with E-state index >= 15 is 0 Å². The number of amides is 1. The minimum Gasteiger partial charge on any atom is -0.395 e. The van der Waals surface area contributed by atoms with E-state index in [2.05, 4.69) is 14.5 Å². The Balaban J connectivity index is 1.37. The molecule has 6 nitrogen and oxygen atoms in total. The van der Waals surface area contributed by atoms with Crippen molar-refractivity contribution < 1.29 is 23.0 Å². The summed E-state index contributed by atoms with van der Waals surface area (Å²) in [4.78, 5) is 20.5. The number of anilines is 1. The fourth-order valence-electron chi connectivity index (χ4n) is 3.91. The number of alkyl halides is 2. The second-order valence-corrected chi connectivity index (χ2v) is 9.52. The van der Waals surface area contributed by atoms with Crippen LogP contribution in [0.4, 0.5) is 13.9 Å². The SMILES string of the molecule is Cc1cccc(-c2sc(N)nc2C(=O)N(CCc2ccc3c(c2)OC(F)(F)O3)CC2CC2)c1. The highest BCUT2D eigenvalue weighted by Gasteiger charge is 2.43. The second-order valence-electron chi connectivity index (χ2n) is 8.49. The van der Waals surface area contributed by atoms with Crippen molar-refractivity contribution in [3.63, 3.8) is 0 Å². The van der Waals surface area contributed by atoms with Gasteiger partial charge in [-0.1, -0.05) is 47.2 Å². The van der Waals surface area contributed by atoms with Crippen molar-refractivity contribution in [2.45, 2.75) is 32.5 Å². The Labute approximate surface area is 193 Å². The number of thiazole rings is 1. The van der Waals surface area contributed by atoms with E-state index < -0.39 is 6.29 Å². The van der Waals surface area contributed by atoms with Gasteiger partial charge in [-0.15, -0.1) is 8.78 Å². The summed E-state index contributed by atoms with van der Waals surface area (Å²) in [7, 11) is 0. The van der Waals surface area contributed by atoms with Gasteiger partial charge in [-0.05, 0) is 55.4 Å². The number of nitrogen functional groups attached to an aromatic ring is 1. The Morgan fingerprint density at radius 3 is 2.76 bits per heavy atom. The molecule has 3 aromatic rings. The van der Waals surface area contributed by atoms with Gasteiger partial charge < -0.3 is 20.1 Å². The minimum absolute atomic E-state index is 0.00609. The highest BCUT2D eigenvalue weighted by Crippen LogP contribution is 2.41. The van der Waals surface area contributed by atoms with Gasteiger partial charge in [0.25, 0.3) is 5.91 Å². The Kier molecular flexibility index (Phi) is 5.44. The van der Waals surface area contributed by atoms with Crippen LogP contribution in [-0.4, -0.2) is 35.2 Å². The number of aromatic nitrogens is 1. The zero-order chi connectivity index (χ0) is 23.2. The standard InChI is InChI=1S/C24H23F2N3O3S/c1-14-3-2-4-17(11-14)21-20(28-23(27)33-21)22(30)29(13-16-5-6-16)10-9-15-7-8-18-19(12-15)32-24(25,26)31-18/h2-4,7-8,11-12,16H,5-6,9-10,13H2,1H3,(H2,27,28). The van der Waals surface area contributed by atoms with Crippen LogP contribution in [0.2, 0.25) is 0 Å². The van der Waals surface area contributed by atoms with Crippen LogP contribution in [0.1, 0.15) is 34.5 Å². The van der Waals surface area contributed by atoms with E-state index in [1.54, 1.807) is 11.0 Å². The molecule has 33 heavy (non-hydrogen) atoms. The van der Waals surface area contributed by atoms with E-state index in [4.69, 9.17) is 5.73 Å². The van der Waals surface area contributed by atoms with Crippen molar-refractivity contribution in [2.75, 3.05) is 18.8 Å². The summed E-state index contributed by atoms with van der Waals surface area (Å²) in [5, 5.41) is 0.345. The highest BCUT2D eigenvalue weighted by molar-refractivity contribution is 7.19. The zero-order valence-electron chi connectivity index (χ0n) is 18.0. The van der Waals surface area contributed by atoms with Gasteiger partial charge in [0.15, 0.2) is 16.6 Å². The van der Waals surface area contributed by atoms with E-state index in [9.17, 15) is 13.6 Å². The van der Waals surface area contributed by atoms with Gasteiger partial charge in [0.2, 0.25) is 0 Å². The summed E-state index contributed by atoms with van der Waals surface area (Å²) >= 11 is 1.30. The van der Waals surface area contributed by atoms with Crippen molar-refractivity contribution in [3.8, 4) is 21.9 Å². The number of carbonyl (C=O) groups excluding carboxylic acids is 1. The topological polar surface area (TPSA) is 77.7 Å². The average Bonchev–Trinajstić information content (AvgIpc) is 3.41. The predicted octanol–water partition coefficient (Wildman–Crippen LogP) is 5.12. The molecule has 2 aliphatic rings. The summed E-state index contributed by atoms with van der Waals surface area (Å²) in [6.07, 6.45) is -0.981. The highest BCUT2D eigenvalue weighted by atomic mass is 32.1. The number of aryl methyl sites for hydroxylation is 1. The lowest BCUT2D eigenvalue weighted by Gasteiger charge is -2.22. The van der Waals surface area contributed by atoms with Crippen LogP contribution in [0.15, 0.2) is 42.5 Å². The number of fused-ring (bicyclic) bond motifs is 1. The summed E-state index contributed by atoms with van der Waals surface area (Å²) in [6.45, 7) is 3.05. The molecule has 1 amide bonds. The molecule has 2 N–H and O–H groups in total. The Morgan fingerprint density at radius 1 is 1.21 bits per heavy atom. The third-order valence-corrected chi connectivity index (χ3v) is 6.66. The number of carbonyl (C=O) groups is 1. The molecule has 5 rings (SSSR count). The van der Waals surface area contributed by atoms with Gasteiger partial charge in [0, 0.05) is 13.1 Å². The number of nitrogens with zero attached hydrogens (tertiary/aromatic N) is 2. The maximum Gasteiger partial charge on any atom is 0.586 e. The van der Waals surface area contributed by atoms with Gasteiger partial charge >= 0.3 is 6.29 Å². The number of ether oxygens (including phenoxy) is 2. The van der Waals surface area contributed by atoms with Gasteiger partial charge in [0.1, 0.15) is 5.69 Å². The first kappa shape index (κ1) is 21.6. The first-order valence-electron chi connectivity index (χ1n) is 10.8. The Bertz CT molecular complexity index is 1210. The normalized spacial score (nSPS) is 16.1. The molecule has 1 aliphatic heterocycles. The molecule has 9 heteroatoms. The predicted molar refractivity (Wildman–Crippen MR) is 122 cm³/mol. The third kappa shape index (κ3) is 4.78. The number of rotatable bonds is 7. The summed E-state index contributed by atoms with van der Waals surface area (Å²) < 4.78 is 35.6. The lowest BCUT2D eigenvalue weighted by Crippen LogP contribution is -2.35. The van der Waals surface area contributed by atoms with Crippen LogP contribution in [0.3, 0.4) is 0 Å². The number of hydrogen-bond acceptors (Lipinski definition) is 6. The van der Waals surface area contributed by atoms with Crippen molar-refractivity contribution >= 4 is 22.4 Å². The number of benzene rings is 2. The van der Waals surface area contributed by atoms with Crippen LogP contribution in [0.25, 0.3) is 10.4 Å². The monoisotopic (exact) mass is 471 g/mol. The fraction of sp³-hybridized carbons (Fsp3) is 0.333.